The van der Waals surface area contributed by atoms with Gasteiger partial charge in [0.25, 0.3) is 11.8 Å². The molecule has 2 amide bonds. The van der Waals surface area contributed by atoms with Crippen LogP contribution in [0.4, 0.5) is 20.3 Å². The molecule has 10 heteroatoms. The quantitative estimate of drug-likeness (QED) is 0.240. The van der Waals surface area contributed by atoms with Crippen LogP contribution in [0, 0.1) is 6.92 Å². The number of nitrogens with one attached hydrogen (secondary N) is 2. The molecule has 39 heavy (non-hydrogen) atoms. The van der Waals surface area contributed by atoms with E-state index in [0.29, 0.717) is 27.8 Å². The zero-order valence-corrected chi connectivity index (χ0v) is 21.9. The lowest BCUT2D eigenvalue weighted by molar-refractivity contribution is -0.114. The molecule has 0 fully saturated rings. The number of anilines is 2. The van der Waals surface area contributed by atoms with Crippen LogP contribution in [0.3, 0.4) is 0 Å². The van der Waals surface area contributed by atoms with Crippen molar-refractivity contribution in [3.05, 3.63) is 72.1 Å². The molecule has 0 radical (unpaired) electrons. The second kappa shape index (κ2) is 10.6. The molecule has 0 saturated heterocycles. The van der Waals surface area contributed by atoms with Crippen LogP contribution in [0.2, 0.25) is 0 Å². The van der Waals surface area contributed by atoms with Crippen LogP contribution in [0.1, 0.15) is 29.8 Å². The standard InChI is InChI=1S/C29H28F2N4O4/c1-15-12-18(34-27(36)16(2)30)7-9-19(15)20-10-11-22-25(26(32)35-39-22)24(20)17-6-8-21(23(13-17)38-5)28(37)33-14-29(3,4)31/h6-13H,2,14H2,1,3-5H3,(H2,32,35)(H,33,37)(H,34,36). The van der Waals surface area contributed by atoms with Crippen molar-refractivity contribution >= 4 is 34.3 Å². The van der Waals surface area contributed by atoms with Gasteiger partial charge >= 0.3 is 0 Å². The van der Waals surface area contributed by atoms with E-state index in [9.17, 15) is 18.4 Å². The summed E-state index contributed by atoms with van der Waals surface area (Å²) in [5, 5.41) is 9.52. The van der Waals surface area contributed by atoms with Crippen LogP contribution in [0.15, 0.2) is 65.5 Å². The van der Waals surface area contributed by atoms with E-state index in [1.165, 1.54) is 21.0 Å². The van der Waals surface area contributed by atoms with Gasteiger partial charge in [0.2, 0.25) is 0 Å². The average molecular weight is 535 g/mol. The van der Waals surface area contributed by atoms with Gasteiger partial charge in [0.05, 0.1) is 24.6 Å². The Labute approximate surface area is 223 Å². The lowest BCUT2D eigenvalue weighted by atomic mass is 9.89. The Morgan fingerprint density at radius 2 is 1.85 bits per heavy atom. The van der Waals surface area contributed by atoms with Crippen molar-refractivity contribution in [2.24, 2.45) is 0 Å². The van der Waals surface area contributed by atoms with E-state index in [2.05, 4.69) is 22.4 Å². The number of carbonyl (C=O) groups excluding carboxylic acids is 2. The Hall–Kier alpha value is -4.73. The third kappa shape index (κ3) is 5.74. The summed E-state index contributed by atoms with van der Waals surface area (Å²) >= 11 is 0. The summed E-state index contributed by atoms with van der Waals surface area (Å²) in [5.41, 5.74) is 9.43. The average Bonchev–Trinajstić information content (AvgIpc) is 3.26. The maximum atomic E-state index is 13.9. The predicted octanol–water partition coefficient (Wildman–Crippen LogP) is 5.96. The number of benzene rings is 3. The van der Waals surface area contributed by atoms with Crippen molar-refractivity contribution in [2.75, 3.05) is 24.7 Å². The van der Waals surface area contributed by atoms with Gasteiger partial charge < -0.3 is 25.6 Å². The smallest absolute Gasteiger partial charge is 0.283 e. The molecule has 3 aromatic carbocycles. The summed E-state index contributed by atoms with van der Waals surface area (Å²) in [5.74, 6) is -2.03. The number of hydrogen-bond acceptors (Lipinski definition) is 6. The summed E-state index contributed by atoms with van der Waals surface area (Å²) < 4.78 is 38.0. The van der Waals surface area contributed by atoms with E-state index in [1.54, 1.807) is 42.5 Å². The van der Waals surface area contributed by atoms with Crippen molar-refractivity contribution in [1.82, 2.24) is 10.5 Å². The number of ether oxygens (including phenoxy) is 1. The maximum absolute atomic E-state index is 13.9. The van der Waals surface area contributed by atoms with E-state index in [-0.39, 0.29) is 23.7 Å². The van der Waals surface area contributed by atoms with Crippen LogP contribution < -0.4 is 21.1 Å². The van der Waals surface area contributed by atoms with Gasteiger partial charge in [0, 0.05) is 11.3 Å². The largest absolute Gasteiger partial charge is 0.496 e. The van der Waals surface area contributed by atoms with E-state index in [1.807, 2.05) is 13.0 Å². The molecule has 4 N–H and O–H groups in total. The molecular formula is C29H28F2N4O4. The number of nitrogens with zero attached hydrogens (tertiary/aromatic N) is 1. The fraction of sp³-hybridized carbons (Fsp3) is 0.207. The number of fused-ring (bicyclic) bond motifs is 1. The highest BCUT2D eigenvalue weighted by molar-refractivity contribution is 6.08. The van der Waals surface area contributed by atoms with E-state index in [4.69, 9.17) is 15.0 Å². The molecule has 0 saturated carbocycles. The van der Waals surface area contributed by atoms with Crippen molar-refractivity contribution in [3.63, 3.8) is 0 Å². The summed E-state index contributed by atoms with van der Waals surface area (Å²) in [4.78, 5) is 24.5. The molecule has 0 aliphatic heterocycles. The highest BCUT2D eigenvalue weighted by atomic mass is 19.1. The molecule has 202 valence electrons. The Morgan fingerprint density at radius 3 is 2.49 bits per heavy atom. The molecule has 0 bridgehead atoms. The lowest BCUT2D eigenvalue weighted by Crippen LogP contribution is -2.35. The number of hydrogen-bond donors (Lipinski definition) is 3. The van der Waals surface area contributed by atoms with Gasteiger partial charge in [-0.3, -0.25) is 9.59 Å². The Kier molecular flexibility index (Phi) is 7.40. The summed E-state index contributed by atoms with van der Waals surface area (Å²) in [6, 6.07) is 13.8. The van der Waals surface area contributed by atoms with E-state index in [0.717, 1.165) is 16.7 Å². The van der Waals surface area contributed by atoms with Crippen molar-refractivity contribution < 1.29 is 27.6 Å². The van der Waals surface area contributed by atoms with Crippen LogP contribution in [-0.4, -0.2) is 36.3 Å². The van der Waals surface area contributed by atoms with Gasteiger partial charge in [-0.1, -0.05) is 23.9 Å². The van der Waals surface area contributed by atoms with Gasteiger partial charge in [-0.05, 0) is 79.4 Å². The number of rotatable bonds is 8. The topological polar surface area (TPSA) is 119 Å². The Balaban J connectivity index is 1.84. The number of nitrogens with two attached hydrogens (primary N) is 1. The van der Waals surface area contributed by atoms with Crippen LogP contribution in [0.25, 0.3) is 33.2 Å². The minimum Gasteiger partial charge on any atom is -0.496 e. The number of aromatic nitrogens is 1. The molecular weight excluding hydrogens is 506 g/mol. The number of nitrogen functional groups attached to an aromatic ring is 1. The van der Waals surface area contributed by atoms with Gasteiger partial charge in [-0.25, -0.2) is 8.78 Å². The zero-order valence-electron chi connectivity index (χ0n) is 21.9. The number of alkyl halides is 1. The Bertz CT molecular complexity index is 1610. The second-order valence-corrected chi connectivity index (χ2v) is 9.63. The first-order valence-electron chi connectivity index (χ1n) is 12.0. The SMILES string of the molecule is C=C(F)C(=O)Nc1ccc(-c2ccc3onc(N)c3c2-c2ccc(C(=O)NCC(C)(C)F)c(OC)c2)c(C)c1. The molecule has 1 heterocycles. The van der Waals surface area contributed by atoms with Gasteiger partial charge in [0.1, 0.15) is 11.4 Å². The van der Waals surface area contributed by atoms with Crippen molar-refractivity contribution in [2.45, 2.75) is 26.4 Å². The third-order valence-corrected chi connectivity index (χ3v) is 6.09. The van der Waals surface area contributed by atoms with Gasteiger partial charge in [-0.2, -0.15) is 0 Å². The number of halogens is 2. The first kappa shape index (κ1) is 27.3. The molecule has 0 aliphatic rings. The highest BCUT2D eigenvalue weighted by Gasteiger charge is 2.23. The summed E-state index contributed by atoms with van der Waals surface area (Å²) in [6.45, 7) is 7.45. The van der Waals surface area contributed by atoms with E-state index < -0.39 is 23.3 Å². The summed E-state index contributed by atoms with van der Waals surface area (Å²) in [6.07, 6.45) is 0. The molecule has 0 spiro atoms. The van der Waals surface area contributed by atoms with Gasteiger partial charge in [0.15, 0.2) is 17.2 Å². The first-order chi connectivity index (χ1) is 18.4. The third-order valence-electron chi connectivity index (χ3n) is 6.09. The maximum Gasteiger partial charge on any atom is 0.283 e. The molecule has 1 aromatic heterocycles. The minimum absolute atomic E-state index is 0.160. The van der Waals surface area contributed by atoms with Gasteiger partial charge in [-0.15, -0.1) is 0 Å². The monoisotopic (exact) mass is 534 g/mol. The summed E-state index contributed by atoms with van der Waals surface area (Å²) in [7, 11) is 1.44. The van der Waals surface area contributed by atoms with Crippen LogP contribution in [0.5, 0.6) is 5.75 Å². The molecule has 4 aromatic rings. The molecule has 0 aliphatic carbocycles. The zero-order chi connectivity index (χ0) is 28.5. The van der Waals surface area contributed by atoms with Crippen LogP contribution in [-0.2, 0) is 4.79 Å². The molecule has 8 nitrogen and oxygen atoms in total. The Morgan fingerprint density at radius 1 is 1.13 bits per heavy atom. The van der Waals surface area contributed by atoms with Crippen LogP contribution >= 0.6 is 0 Å². The molecule has 0 unspecified atom stereocenters. The van der Waals surface area contributed by atoms with Crippen molar-refractivity contribution in [3.8, 4) is 28.0 Å². The number of methoxy groups -OCH3 is 1. The minimum atomic E-state index is -1.57. The van der Waals surface area contributed by atoms with Crippen molar-refractivity contribution in [1.29, 1.82) is 0 Å². The molecule has 0 atom stereocenters. The number of carbonyl (C=O) groups is 2. The molecule has 4 rings (SSSR count). The fourth-order valence-corrected chi connectivity index (χ4v) is 4.24. The first-order valence-corrected chi connectivity index (χ1v) is 12.0. The predicted molar refractivity (Wildman–Crippen MR) is 147 cm³/mol. The number of amides is 2. The van der Waals surface area contributed by atoms with E-state index >= 15 is 0 Å². The number of aryl methyl sites for hydroxylation is 1. The lowest BCUT2D eigenvalue weighted by Gasteiger charge is -2.18. The highest BCUT2D eigenvalue weighted by Crippen LogP contribution is 2.43. The normalized spacial score (nSPS) is 11.3. The fourth-order valence-electron chi connectivity index (χ4n) is 4.24. The second-order valence-electron chi connectivity index (χ2n) is 9.63.